The normalized spacial score (nSPS) is 14.1. The van der Waals surface area contributed by atoms with Gasteiger partial charge in [0, 0.05) is 11.8 Å². The summed E-state index contributed by atoms with van der Waals surface area (Å²) >= 11 is 0. The third-order valence-corrected chi connectivity index (χ3v) is 4.40. The van der Waals surface area contributed by atoms with Crippen molar-refractivity contribution in [1.82, 2.24) is 5.32 Å². The molecule has 0 amide bonds. The summed E-state index contributed by atoms with van der Waals surface area (Å²) in [5.74, 6) is 0. The molecule has 1 heterocycles. The van der Waals surface area contributed by atoms with Gasteiger partial charge in [0.25, 0.3) is 0 Å². The van der Waals surface area contributed by atoms with Gasteiger partial charge >= 0.3 is 0 Å². The van der Waals surface area contributed by atoms with Crippen LogP contribution in [-0.2, 0) is 0 Å². The first kappa shape index (κ1) is 8.57. The molecule has 2 rings (SSSR count). The minimum atomic E-state index is -1.20. The zero-order valence-corrected chi connectivity index (χ0v) is 9.33. The van der Waals surface area contributed by atoms with Crippen LogP contribution in [0.1, 0.15) is 5.56 Å². The monoisotopic (exact) mass is 188 g/mol. The van der Waals surface area contributed by atoms with Crippen molar-refractivity contribution < 1.29 is 0 Å². The second-order valence-corrected chi connectivity index (χ2v) is 9.47. The van der Waals surface area contributed by atoms with Crippen molar-refractivity contribution in [3.63, 3.8) is 0 Å². The average Bonchev–Trinajstić information content (AvgIpc) is 2.48. The molecule has 1 nitrogen and oxygen atoms in total. The Morgan fingerprint density at radius 1 is 1.15 bits per heavy atom. The molecule has 0 saturated heterocycles. The molecule has 1 aliphatic heterocycles. The second-order valence-electron chi connectivity index (χ2n) is 4.43. The van der Waals surface area contributed by atoms with Gasteiger partial charge in [-0.15, -0.1) is 0 Å². The summed E-state index contributed by atoms with van der Waals surface area (Å²) in [6.07, 6.45) is 4.03. The molecule has 0 unspecified atom stereocenters. The fraction of sp³-hybridized carbons (Fsp3) is 0.273. The maximum atomic E-state index is 4.32. The first-order chi connectivity index (χ1) is 6.09. The highest BCUT2D eigenvalue weighted by Crippen LogP contribution is 2.23. The first-order valence-corrected chi connectivity index (χ1v) is 8.10. The van der Waals surface area contributed by atoms with E-state index < -0.39 is 8.07 Å². The summed E-state index contributed by atoms with van der Waals surface area (Å²) in [6.45, 7) is 7.11. The van der Waals surface area contributed by atoms with E-state index in [0.717, 1.165) is 5.69 Å². The lowest BCUT2D eigenvalue weighted by atomic mass is 10.2. The van der Waals surface area contributed by atoms with Crippen LogP contribution >= 0.6 is 0 Å². The van der Waals surface area contributed by atoms with Gasteiger partial charge in [-0.25, -0.2) is 0 Å². The molecular weight excluding hydrogens is 174 g/mol. The molecule has 0 aromatic heterocycles. The third kappa shape index (κ3) is 1.42. The topological polar surface area (TPSA) is 14.1 Å². The molecule has 1 aromatic carbocycles. The molecule has 0 atom stereocenters. The number of rotatable bonds is 1. The molecule has 0 fully saturated rings. The Balaban J connectivity index is 2.59. The van der Waals surface area contributed by atoms with Crippen LogP contribution in [0, 0.1) is 0 Å². The predicted molar refractivity (Wildman–Crippen MR) is 60.3 cm³/mol. The smallest absolute Gasteiger partial charge is 0.0784 e. The Bertz CT molecular complexity index is 361. The van der Waals surface area contributed by atoms with Gasteiger partial charge in [0.05, 0.1) is 13.8 Å². The zero-order chi connectivity index (χ0) is 9.47. The highest BCUT2D eigenvalue weighted by molar-refractivity contribution is 6.89. The van der Waals surface area contributed by atoms with Crippen molar-refractivity contribution >= 4 is 25.0 Å². The lowest BCUT2D eigenvalue weighted by Crippen LogP contribution is -2.39. The molecule has 1 aromatic rings. The van der Waals surface area contributed by atoms with Gasteiger partial charge in [0.15, 0.2) is 0 Å². The maximum absolute atomic E-state index is 4.32. The third-order valence-electron chi connectivity index (χ3n) is 2.35. The fourth-order valence-corrected chi connectivity index (χ4v) is 3.30. The molecule has 0 saturated carbocycles. The summed E-state index contributed by atoms with van der Waals surface area (Å²) < 4.78 is 0. The average molecular weight is 188 g/mol. The van der Waals surface area contributed by atoms with Crippen molar-refractivity contribution in [2.75, 3.05) is 0 Å². The van der Waals surface area contributed by atoms with E-state index in [9.17, 15) is 0 Å². The molecule has 13 heavy (non-hydrogen) atoms. The van der Waals surface area contributed by atoms with E-state index in [1.54, 1.807) is 0 Å². The first-order valence-electron chi connectivity index (χ1n) is 4.60. The van der Waals surface area contributed by atoms with Gasteiger partial charge < -0.3 is 0 Å². The highest BCUT2D eigenvalue weighted by Gasteiger charge is 2.22. The van der Waals surface area contributed by atoms with Crippen LogP contribution in [0.2, 0.25) is 19.6 Å². The van der Waals surface area contributed by atoms with Crippen LogP contribution in [0.25, 0.3) is 6.08 Å². The van der Waals surface area contributed by atoms with Crippen LogP contribution in [0.4, 0.5) is 5.69 Å². The molecule has 0 N–H and O–H groups in total. The Labute approximate surface area is 80.5 Å². The van der Waals surface area contributed by atoms with E-state index in [0.29, 0.717) is 0 Å². The van der Waals surface area contributed by atoms with Crippen LogP contribution in [-0.4, -0.2) is 8.07 Å². The molecule has 1 radical (unpaired) electrons. The Hall–Kier alpha value is -1.02. The summed E-state index contributed by atoms with van der Waals surface area (Å²) in [4.78, 5) is 0. The summed E-state index contributed by atoms with van der Waals surface area (Å²) in [6, 6.07) is 6.44. The zero-order valence-electron chi connectivity index (χ0n) is 8.33. The highest BCUT2D eigenvalue weighted by atomic mass is 28.3. The van der Waals surface area contributed by atoms with Gasteiger partial charge in [0.1, 0.15) is 0 Å². The standard InChI is InChI=1S/C11H14NSi/c1-13(2,3)11-6-4-5-10-9(11)7-8-12-10/h4-8H,1-3H3. The van der Waals surface area contributed by atoms with Gasteiger partial charge in [-0.3, -0.25) is 5.32 Å². The largest absolute Gasteiger partial charge is 0.256 e. The van der Waals surface area contributed by atoms with Crippen molar-refractivity contribution in [1.29, 1.82) is 0 Å². The number of nitrogens with zero attached hydrogens (tertiary/aromatic N) is 1. The van der Waals surface area contributed by atoms with E-state index in [1.807, 2.05) is 6.20 Å². The number of hydrogen-bond donors (Lipinski definition) is 0. The van der Waals surface area contributed by atoms with E-state index >= 15 is 0 Å². The SMILES string of the molecule is C[Si](C)(C)c1cccc2c1C=C[N]2. The summed E-state index contributed by atoms with van der Waals surface area (Å²) in [5, 5.41) is 5.83. The number of benzene rings is 1. The van der Waals surface area contributed by atoms with Crippen molar-refractivity contribution in [3.8, 4) is 0 Å². The quantitative estimate of drug-likeness (QED) is 0.601. The molecule has 67 valence electrons. The Morgan fingerprint density at radius 3 is 2.62 bits per heavy atom. The lowest BCUT2D eigenvalue weighted by molar-refractivity contribution is 1.22. The second kappa shape index (κ2) is 2.74. The Kier molecular flexibility index (Phi) is 1.80. The maximum Gasteiger partial charge on any atom is 0.0784 e. The van der Waals surface area contributed by atoms with Crippen molar-refractivity contribution in [2.24, 2.45) is 0 Å². The van der Waals surface area contributed by atoms with E-state index in [4.69, 9.17) is 0 Å². The van der Waals surface area contributed by atoms with Gasteiger partial charge in [-0.1, -0.05) is 37.0 Å². The number of fused-ring (bicyclic) bond motifs is 1. The minimum Gasteiger partial charge on any atom is -0.256 e. The van der Waals surface area contributed by atoms with Crippen LogP contribution < -0.4 is 10.5 Å². The molecule has 0 bridgehead atoms. The lowest BCUT2D eigenvalue weighted by Gasteiger charge is -2.19. The van der Waals surface area contributed by atoms with Gasteiger partial charge in [0.2, 0.25) is 0 Å². The predicted octanol–water partition coefficient (Wildman–Crippen LogP) is 2.45. The fourth-order valence-electron chi connectivity index (χ4n) is 1.69. The van der Waals surface area contributed by atoms with E-state index in [-0.39, 0.29) is 0 Å². The molecule has 2 heteroatoms. The van der Waals surface area contributed by atoms with E-state index in [1.165, 1.54) is 10.8 Å². The van der Waals surface area contributed by atoms with Crippen LogP contribution in [0.15, 0.2) is 24.4 Å². The van der Waals surface area contributed by atoms with Crippen LogP contribution in [0.5, 0.6) is 0 Å². The van der Waals surface area contributed by atoms with Crippen molar-refractivity contribution in [3.05, 3.63) is 30.0 Å². The number of hydrogen-bond acceptors (Lipinski definition) is 0. The van der Waals surface area contributed by atoms with Crippen LogP contribution in [0.3, 0.4) is 0 Å². The molecule has 0 aliphatic carbocycles. The molecule has 0 spiro atoms. The van der Waals surface area contributed by atoms with E-state index in [2.05, 4.69) is 49.2 Å². The molecular formula is C11H14NSi. The van der Waals surface area contributed by atoms with Crippen molar-refractivity contribution in [2.45, 2.75) is 19.6 Å². The Morgan fingerprint density at radius 2 is 1.92 bits per heavy atom. The summed E-state index contributed by atoms with van der Waals surface area (Å²) in [5.41, 5.74) is 2.49. The summed E-state index contributed by atoms with van der Waals surface area (Å²) in [7, 11) is -1.20. The molecule has 1 aliphatic rings. The minimum absolute atomic E-state index is 1.14. The van der Waals surface area contributed by atoms with Gasteiger partial charge in [-0.2, -0.15) is 0 Å². The van der Waals surface area contributed by atoms with Gasteiger partial charge in [-0.05, 0) is 12.1 Å².